The number of ether oxygens (including phenoxy) is 1. The van der Waals surface area contributed by atoms with E-state index >= 15 is 0 Å². The van der Waals surface area contributed by atoms with E-state index < -0.39 is 0 Å². The number of amides is 1. The molecule has 160 valence electrons. The number of carbonyl (C=O) groups is 2. The van der Waals surface area contributed by atoms with E-state index in [9.17, 15) is 9.59 Å². The van der Waals surface area contributed by atoms with Gasteiger partial charge in [0.25, 0.3) is 0 Å². The SMILES string of the molecule is C=CCCC(CC(=O)N(C)OC)Cc1cc(C)cc(C)c1C(=O)O[C@@H](C)CC=C. The van der Waals surface area contributed by atoms with Gasteiger partial charge < -0.3 is 4.74 Å². The van der Waals surface area contributed by atoms with Crippen LogP contribution in [0.5, 0.6) is 0 Å². The van der Waals surface area contributed by atoms with Gasteiger partial charge in [0, 0.05) is 19.9 Å². The molecular weight excluding hydrogens is 366 g/mol. The predicted octanol–water partition coefficient (Wildman–Crippen LogP) is 4.96. The van der Waals surface area contributed by atoms with Gasteiger partial charge in [0.05, 0.1) is 12.7 Å². The number of hydrogen-bond donors (Lipinski definition) is 0. The zero-order chi connectivity index (χ0) is 22.0. The monoisotopic (exact) mass is 401 g/mol. The quantitative estimate of drug-likeness (QED) is 0.282. The third kappa shape index (κ3) is 7.86. The van der Waals surface area contributed by atoms with Crippen LogP contribution >= 0.6 is 0 Å². The molecule has 1 aromatic carbocycles. The van der Waals surface area contributed by atoms with Crippen LogP contribution in [0.4, 0.5) is 0 Å². The highest BCUT2D eigenvalue weighted by atomic mass is 16.7. The molecule has 1 rings (SSSR count). The lowest BCUT2D eigenvalue weighted by Crippen LogP contribution is -2.28. The van der Waals surface area contributed by atoms with Crippen molar-refractivity contribution in [2.45, 2.75) is 59.0 Å². The Morgan fingerprint density at radius 1 is 1.21 bits per heavy atom. The summed E-state index contributed by atoms with van der Waals surface area (Å²) in [5.74, 6) is -0.347. The van der Waals surface area contributed by atoms with Gasteiger partial charge in [-0.15, -0.1) is 13.2 Å². The van der Waals surface area contributed by atoms with Gasteiger partial charge in [-0.05, 0) is 57.1 Å². The van der Waals surface area contributed by atoms with E-state index in [1.807, 2.05) is 39.0 Å². The number of aryl methyl sites for hydroxylation is 2. The van der Waals surface area contributed by atoms with Crippen molar-refractivity contribution < 1.29 is 19.2 Å². The van der Waals surface area contributed by atoms with Gasteiger partial charge in [-0.2, -0.15) is 0 Å². The summed E-state index contributed by atoms with van der Waals surface area (Å²) in [5, 5.41) is 1.24. The van der Waals surface area contributed by atoms with Gasteiger partial charge in [-0.25, -0.2) is 9.86 Å². The first kappa shape index (κ1) is 24.6. The molecule has 0 bridgehead atoms. The fourth-order valence-corrected chi connectivity index (χ4v) is 3.45. The molecule has 0 aliphatic heterocycles. The Balaban J connectivity index is 3.17. The molecule has 0 saturated heterocycles. The highest BCUT2D eigenvalue weighted by Crippen LogP contribution is 2.26. The molecule has 0 fully saturated rings. The number of nitrogens with zero attached hydrogens (tertiary/aromatic N) is 1. The highest BCUT2D eigenvalue weighted by Gasteiger charge is 2.23. The second kappa shape index (κ2) is 12.2. The van der Waals surface area contributed by atoms with Crippen LogP contribution in [0.2, 0.25) is 0 Å². The van der Waals surface area contributed by atoms with E-state index in [4.69, 9.17) is 9.57 Å². The molecule has 1 aromatic rings. The van der Waals surface area contributed by atoms with Crippen LogP contribution < -0.4 is 0 Å². The molecule has 5 nitrogen and oxygen atoms in total. The van der Waals surface area contributed by atoms with Crippen molar-refractivity contribution in [2.75, 3.05) is 14.2 Å². The van der Waals surface area contributed by atoms with Gasteiger partial charge in [-0.3, -0.25) is 9.63 Å². The second-order valence-electron chi connectivity index (χ2n) is 7.57. The normalized spacial score (nSPS) is 12.7. The fourth-order valence-electron chi connectivity index (χ4n) is 3.45. The summed E-state index contributed by atoms with van der Waals surface area (Å²) in [4.78, 5) is 30.3. The topological polar surface area (TPSA) is 55.8 Å². The zero-order valence-corrected chi connectivity index (χ0v) is 18.5. The third-order valence-electron chi connectivity index (χ3n) is 4.95. The fraction of sp³-hybridized carbons (Fsp3) is 0.500. The summed E-state index contributed by atoms with van der Waals surface area (Å²) in [7, 11) is 3.08. The average molecular weight is 402 g/mol. The molecule has 2 atom stereocenters. The van der Waals surface area contributed by atoms with Crippen LogP contribution in [-0.4, -0.2) is 37.2 Å². The number of allylic oxidation sites excluding steroid dienone is 1. The minimum Gasteiger partial charge on any atom is -0.459 e. The van der Waals surface area contributed by atoms with Crippen molar-refractivity contribution in [3.8, 4) is 0 Å². The number of rotatable bonds is 12. The molecule has 29 heavy (non-hydrogen) atoms. The lowest BCUT2D eigenvalue weighted by atomic mass is 9.87. The van der Waals surface area contributed by atoms with Gasteiger partial charge in [0.15, 0.2) is 0 Å². The van der Waals surface area contributed by atoms with Crippen LogP contribution in [0, 0.1) is 19.8 Å². The summed E-state index contributed by atoms with van der Waals surface area (Å²) in [6, 6.07) is 4.01. The Bertz CT molecular complexity index is 726. The second-order valence-corrected chi connectivity index (χ2v) is 7.57. The molecule has 1 unspecified atom stereocenters. The minimum atomic E-state index is -0.324. The first-order chi connectivity index (χ1) is 13.7. The number of carbonyl (C=O) groups excluding carboxylic acids is 2. The standard InChI is InChI=1S/C24H35NO4/c1-8-10-12-20(16-22(26)25(6)28-7)15-21-14-17(3)13-18(4)23(21)24(27)29-19(5)11-9-2/h8-9,13-14,19-20H,1-2,10-12,15-16H2,3-7H3/t19-,20?/m0/s1. The summed E-state index contributed by atoms with van der Waals surface area (Å²) in [6.45, 7) is 13.3. The van der Waals surface area contributed by atoms with E-state index in [1.165, 1.54) is 12.2 Å². The van der Waals surface area contributed by atoms with Crippen molar-refractivity contribution in [1.29, 1.82) is 0 Å². The van der Waals surface area contributed by atoms with E-state index in [1.54, 1.807) is 13.1 Å². The van der Waals surface area contributed by atoms with E-state index in [2.05, 4.69) is 13.2 Å². The maximum absolute atomic E-state index is 12.9. The van der Waals surface area contributed by atoms with Crippen molar-refractivity contribution >= 4 is 11.9 Å². The molecule has 5 heteroatoms. The smallest absolute Gasteiger partial charge is 0.338 e. The molecule has 0 heterocycles. The van der Waals surface area contributed by atoms with Crippen LogP contribution in [0.3, 0.4) is 0 Å². The zero-order valence-electron chi connectivity index (χ0n) is 18.5. The Kier molecular flexibility index (Phi) is 10.4. The van der Waals surface area contributed by atoms with Crippen molar-refractivity contribution in [1.82, 2.24) is 5.06 Å². The first-order valence-corrected chi connectivity index (χ1v) is 10.1. The van der Waals surface area contributed by atoms with Crippen LogP contribution in [0.1, 0.15) is 59.7 Å². The van der Waals surface area contributed by atoms with Crippen molar-refractivity contribution in [3.63, 3.8) is 0 Å². The Hall–Kier alpha value is -2.40. The highest BCUT2D eigenvalue weighted by molar-refractivity contribution is 5.93. The molecule has 0 N–H and O–H groups in total. The van der Waals surface area contributed by atoms with Crippen LogP contribution in [0.15, 0.2) is 37.4 Å². The minimum absolute atomic E-state index is 0.0662. The summed E-state index contributed by atoms with van der Waals surface area (Å²) in [5.41, 5.74) is 3.48. The lowest BCUT2D eigenvalue weighted by molar-refractivity contribution is -0.169. The van der Waals surface area contributed by atoms with Crippen molar-refractivity contribution in [3.05, 3.63) is 59.7 Å². The van der Waals surface area contributed by atoms with Crippen LogP contribution in [-0.2, 0) is 20.8 Å². The average Bonchev–Trinajstić information content (AvgIpc) is 2.64. The number of esters is 1. The summed E-state index contributed by atoms with van der Waals surface area (Å²) in [6.07, 6.45) is 6.52. The summed E-state index contributed by atoms with van der Waals surface area (Å²) >= 11 is 0. The van der Waals surface area contributed by atoms with Gasteiger partial charge in [-0.1, -0.05) is 29.8 Å². The predicted molar refractivity (Wildman–Crippen MR) is 117 cm³/mol. The Labute approximate surface area is 175 Å². The van der Waals surface area contributed by atoms with Gasteiger partial charge >= 0.3 is 5.97 Å². The molecule has 0 aliphatic rings. The molecule has 0 spiro atoms. The van der Waals surface area contributed by atoms with E-state index in [0.29, 0.717) is 24.8 Å². The Morgan fingerprint density at radius 2 is 1.90 bits per heavy atom. The van der Waals surface area contributed by atoms with E-state index in [0.717, 1.165) is 29.5 Å². The maximum Gasteiger partial charge on any atom is 0.338 e. The van der Waals surface area contributed by atoms with Gasteiger partial charge in [0.2, 0.25) is 5.91 Å². The van der Waals surface area contributed by atoms with Crippen molar-refractivity contribution in [2.24, 2.45) is 5.92 Å². The maximum atomic E-state index is 12.9. The Morgan fingerprint density at radius 3 is 2.48 bits per heavy atom. The molecule has 1 amide bonds. The number of hydrogen-bond acceptors (Lipinski definition) is 4. The molecule has 0 radical (unpaired) electrons. The van der Waals surface area contributed by atoms with Crippen LogP contribution in [0.25, 0.3) is 0 Å². The lowest BCUT2D eigenvalue weighted by Gasteiger charge is -2.22. The third-order valence-corrected chi connectivity index (χ3v) is 4.95. The summed E-state index contributed by atoms with van der Waals surface area (Å²) < 4.78 is 5.62. The van der Waals surface area contributed by atoms with E-state index in [-0.39, 0.29) is 23.9 Å². The largest absolute Gasteiger partial charge is 0.459 e. The molecular formula is C24H35NO4. The molecule has 0 aliphatic carbocycles. The number of benzene rings is 1. The molecule has 0 saturated carbocycles. The first-order valence-electron chi connectivity index (χ1n) is 10.1. The van der Waals surface area contributed by atoms with Gasteiger partial charge in [0.1, 0.15) is 6.10 Å². The number of hydroxylamine groups is 2. The molecule has 0 aromatic heterocycles.